The maximum Gasteiger partial charge on any atom is 0.205 e. The summed E-state index contributed by atoms with van der Waals surface area (Å²) < 4.78 is 28.7. The van der Waals surface area contributed by atoms with Crippen LogP contribution < -0.4 is 4.74 Å². The lowest BCUT2D eigenvalue weighted by atomic mass is 10.2. The molecule has 1 N–H and O–H groups in total. The first-order valence-electron chi connectivity index (χ1n) is 4.95. The molecular weight excluding hydrogens is 228 g/mol. The molecule has 90 valence electrons. The maximum absolute atomic E-state index is 11.9. The topological polar surface area (TPSA) is 63.6 Å². The van der Waals surface area contributed by atoms with E-state index in [4.69, 9.17) is 4.74 Å². The third kappa shape index (κ3) is 2.54. The third-order valence-corrected chi connectivity index (χ3v) is 4.39. The zero-order valence-electron chi connectivity index (χ0n) is 9.54. The van der Waals surface area contributed by atoms with Gasteiger partial charge in [0, 0.05) is 0 Å². The Morgan fingerprint density at radius 2 is 1.69 bits per heavy atom. The van der Waals surface area contributed by atoms with Gasteiger partial charge in [-0.2, -0.15) is 0 Å². The van der Waals surface area contributed by atoms with Gasteiger partial charge in [-0.25, -0.2) is 8.42 Å². The molecule has 0 bridgehead atoms. The summed E-state index contributed by atoms with van der Waals surface area (Å²) in [4.78, 5) is 0.106. The standard InChI is InChI=1S/C11H16O4S/c1-8(2)11(12)16(13,14)10-6-4-9(15-3)5-7-10/h4-8,11-12H,1-3H3. The van der Waals surface area contributed by atoms with E-state index in [1.54, 1.807) is 26.0 Å². The molecule has 0 spiro atoms. The van der Waals surface area contributed by atoms with Crippen LogP contribution in [0.1, 0.15) is 13.8 Å². The van der Waals surface area contributed by atoms with Crippen molar-refractivity contribution < 1.29 is 18.3 Å². The van der Waals surface area contributed by atoms with Crippen LogP contribution in [0.3, 0.4) is 0 Å². The smallest absolute Gasteiger partial charge is 0.205 e. The third-order valence-electron chi connectivity index (χ3n) is 2.28. The Balaban J connectivity index is 3.08. The second-order valence-corrected chi connectivity index (χ2v) is 5.90. The summed E-state index contributed by atoms with van der Waals surface area (Å²) in [5, 5.41) is 9.61. The Kier molecular flexibility index (Phi) is 3.93. The van der Waals surface area contributed by atoms with Gasteiger partial charge in [0.1, 0.15) is 5.75 Å². The fourth-order valence-electron chi connectivity index (χ4n) is 1.26. The van der Waals surface area contributed by atoms with Gasteiger partial charge in [-0.1, -0.05) is 13.8 Å². The summed E-state index contributed by atoms with van der Waals surface area (Å²) in [6.45, 7) is 3.32. The predicted octanol–water partition coefficient (Wildman–Crippen LogP) is 1.44. The second kappa shape index (κ2) is 4.84. The van der Waals surface area contributed by atoms with E-state index in [1.807, 2.05) is 0 Å². The Bertz CT molecular complexity index is 434. The van der Waals surface area contributed by atoms with Crippen molar-refractivity contribution in [3.8, 4) is 5.75 Å². The first-order chi connectivity index (χ1) is 7.39. The molecule has 0 amide bonds. The highest BCUT2D eigenvalue weighted by molar-refractivity contribution is 7.91. The van der Waals surface area contributed by atoms with Crippen molar-refractivity contribution in [2.24, 2.45) is 5.92 Å². The van der Waals surface area contributed by atoms with Gasteiger partial charge in [0.05, 0.1) is 12.0 Å². The molecule has 5 heteroatoms. The molecule has 4 nitrogen and oxygen atoms in total. The number of sulfone groups is 1. The van der Waals surface area contributed by atoms with Crippen LogP contribution in [0.4, 0.5) is 0 Å². The SMILES string of the molecule is COc1ccc(S(=O)(=O)C(O)C(C)C)cc1. The Labute approximate surface area is 95.8 Å². The van der Waals surface area contributed by atoms with Crippen molar-refractivity contribution in [3.63, 3.8) is 0 Å². The highest BCUT2D eigenvalue weighted by Gasteiger charge is 2.27. The van der Waals surface area contributed by atoms with Crippen LogP contribution in [0, 0.1) is 5.92 Å². The monoisotopic (exact) mass is 244 g/mol. The first-order valence-corrected chi connectivity index (χ1v) is 6.50. The summed E-state index contributed by atoms with van der Waals surface area (Å²) in [6, 6.07) is 5.97. The van der Waals surface area contributed by atoms with E-state index in [-0.39, 0.29) is 10.8 Å². The lowest BCUT2D eigenvalue weighted by Crippen LogP contribution is -2.26. The fourth-order valence-corrected chi connectivity index (χ4v) is 2.77. The van der Waals surface area contributed by atoms with Gasteiger partial charge in [-0.15, -0.1) is 0 Å². The highest BCUT2D eigenvalue weighted by Crippen LogP contribution is 2.21. The van der Waals surface area contributed by atoms with Gasteiger partial charge in [0.2, 0.25) is 9.84 Å². The summed E-state index contributed by atoms with van der Waals surface area (Å²) in [5.41, 5.74) is -1.37. The normalized spacial score (nSPS) is 13.8. The minimum atomic E-state index is -3.66. The minimum absolute atomic E-state index is 0.106. The molecule has 1 rings (SSSR count). The second-order valence-electron chi connectivity index (χ2n) is 3.86. The molecule has 1 unspecified atom stereocenters. The number of aliphatic hydroxyl groups is 1. The molecule has 0 saturated carbocycles. The van der Waals surface area contributed by atoms with Crippen LogP contribution in [0.15, 0.2) is 29.2 Å². The molecule has 1 aromatic carbocycles. The van der Waals surface area contributed by atoms with E-state index in [2.05, 4.69) is 0 Å². The molecule has 0 saturated heterocycles. The summed E-state index contributed by atoms with van der Waals surface area (Å²) in [7, 11) is -2.16. The Morgan fingerprint density at radius 3 is 2.06 bits per heavy atom. The average Bonchev–Trinajstić information content (AvgIpc) is 2.28. The number of ether oxygens (including phenoxy) is 1. The van der Waals surface area contributed by atoms with Gasteiger partial charge >= 0.3 is 0 Å². The first kappa shape index (κ1) is 13.0. The van der Waals surface area contributed by atoms with Gasteiger partial charge in [0.15, 0.2) is 5.44 Å². The fraction of sp³-hybridized carbons (Fsp3) is 0.455. The Hall–Kier alpha value is -1.07. The van der Waals surface area contributed by atoms with E-state index < -0.39 is 15.3 Å². The highest BCUT2D eigenvalue weighted by atomic mass is 32.2. The van der Waals surface area contributed by atoms with E-state index in [0.717, 1.165) is 0 Å². The van der Waals surface area contributed by atoms with Gasteiger partial charge in [0.25, 0.3) is 0 Å². The largest absolute Gasteiger partial charge is 0.497 e. The minimum Gasteiger partial charge on any atom is -0.497 e. The maximum atomic E-state index is 11.9. The van der Waals surface area contributed by atoms with E-state index in [9.17, 15) is 13.5 Å². The molecule has 16 heavy (non-hydrogen) atoms. The molecule has 0 radical (unpaired) electrons. The summed E-state index contributed by atoms with van der Waals surface area (Å²) >= 11 is 0. The molecule has 0 aromatic heterocycles. The number of benzene rings is 1. The van der Waals surface area contributed by atoms with Crippen molar-refractivity contribution in [2.75, 3.05) is 7.11 Å². The van der Waals surface area contributed by atoms with Crippen molar-refractivity contribution in [3.05, 3.63) is 24.3 Å². The summed E-state index contributed by atoms with van der Waals surface area (Å²) in [5.74, 6) is 0.241. The van der Waals surface area contributed by atoms with Crippen molar-refractivity contribution in [1.82, 2.24) is 0 Å². The number of rotatable bonds is 4. The van der Waals surface area contributed by atoms with E-state index >= 15 is 0 Å². The van der Waals surface area contributed by atoms with Crippen LogP contribution in [0.5, 0.6) is 5.75 Å². The molecule has 0 aliphatic rings. The van der Waals surface area contributed by atoms with Crippen molar-refractivity contribution in [2.45, 2.75) is 24.2 Å². The lowest BCUT2D eigenvalue weighted by Gasteiger charge is -2.15. The average molecular weight is 244 g/mol. The predicted molar refractivity (Wildman–Crippen MR) is 61.0 cm³/mol. The van der Waals surface area contributed by atoms with Crippen molar-refractivity contribution >= 4 is 9.84 Å². The molecule has 1 aromatic rings. The molecule has 1 atom stereocenters. The van der Waals surface area contributed by atoms with Crippen molar-refractivity contribution in [1.29, 1.82) is 0 Å². The molecule has 0 fully saturated rings. The lowest BCUT2D eigenvalue weighted by molar-refractivity contribution is 0.199. The van der Waals surface area contributed by atoms with Crippen LogP contribution in [0.25, 0.3) is 0 Å². The zero-order valence-corrected chi connectivity index (χ0v) is 10.4. The van der Waals surface area contributed by atoms with Crippen LogP contribution in [-0.4, -0.2) is 26.1 Å². The number of methoxy groups -OCH3 is 1. The van der Waals surface area contributed by atoms with Crippen LogP contribution in [0.2, 0.25) is 0 Å². The van der Waals surface area contributed by atoms with Gasteiger partial charge in [-0.3, -0.25) is 0 Å². The van der Waals surface area contributed by atoms with Gasteiger partial charge in [-0.05, 0) is 30.2 Å². The Morgan fingerprint density at radius 1 is 1.19 bits per heavy atom. The van der Waals surface area contributed by atoms with E-state index in [1.165, 1.54) is 19.2 Å². The van der Waals surface area contributed by atoms with Crippen LogP contribution >= 0.6 is 0 Å². The van der Waals surface area contributed by atoms with Crippen LogP contribution in [-0.2, 0) is 9.84 Å². The summed E-state index contributed by atoms with van der Waals surface area (Å²) in [6.07, 6.45) is 0. The molecule has 0 heterocycles. The van der Waals surface area contributed by atoms with E-state index in [0.29, 0.717) is 5.75 Å². The molecule has 0 aliphatic carbocycles. The number of hydrogen-bond donors (Lipinski definition) is 1. The number of hydrogen-bond acceptors (Lipinski definition) is 4. The van der Waals surface area contributed by atoms with Gasteiger partial charge < -0.3 is 9.84 Å². The zero-order chi connectivity index (χ0) is 12.3. The molecular formula is C11H16O4S. The molecule has 0 aliphatic heterocycles. The quantitative estimate of drug-likeness (QED) is 0.870. The number of aliphatic hydroxyl groups excluding tert-OH is 1.